The number of hydrogen-bond donors (Lipinski definition) is 2. The fraction of sp³-hybridized carbons (Fsp3) is 0.714. The third kappa shape index (κ3) is 4.34. The molecule has 62 valence electrons. The van der Waals surface area contributed by atoms with Crippen LogP contribution in [0.4, 0.5) is 0 Å². The molecule has 0 aromatic heterocycles. The molecular formula is C7H13N3O. The molecule has 0 saturated carbocycles. The molecule has 0 aromatic rings. The van der Waals surface area contributed by atoms with Crippen LogP contribution in [0.25, 0.3) is 0 Å². The van der Waals surface area contributed by atoms with Gasteiger partial charge in [-0.2, -0.15) is 5.26 Å². The molecule has 0 rings (SSSR count). The van der Waals surface area contributed by atoms with Gasteiger partial charge >= 0.3 is 0 Å². The van der Waals surface area contributed by atoms with E-state index in [0.29, 0.717) is 6.54 Å². The van der Waals surface area contributed by atoms with E-state index < -0.39 is 0 Å². The summed E-state index contributed by atoms with van der Waals surface area (Å²) in [5.74, 6) is -0.0669. The van der Waals surface area contributed by atoms with Crippen molar-refractivity contribution < 1.29 is 4.79 Å². The second kappa shape index (κ2) is 5.69. The number of carbonyl (C=O) groups is 1. The fourth-order valence-corrected chi connectivity index (χ4v) is 0.619. The first-order valence-corrected chi connectivity index (χ1v) is 3.60. The highest BCUT2D eigenvalue weighted by atomic mass is 16.2. The van der Waals surface area contributed by atoms with Gasteiger partial charge in [-0.25, -0.2) is 0 Å². The predicted octanol–water partition coefficient (Wildman–Crippen LogP) is -0.376. The number of amides is 1. The first kappa shape index (κ1) is 9.92. The summed E-state index contributed by atoms with van der Waals surface area (Å²) >= 11 is 0. The molecule has 0 saturated heterocycles. The predicted molar refractivity (Wildman–Crippen MR) is 41.8 cm³/mol. The van der Waals surface area contributed by atoms with Crippen molar-refractivity contribution in [3.8, 4) is 6.07 Å². The highest BCUT2D eigenvalue weighted by molar-refractivity contribution is 5.81. The Bertz CT molecular complexity index is 162. The third-order valence-corrected chi connectivity index (χ3v) is 1.23. The number of hydrogen-bond acceptors (Lipinski definition) is 3. The van der Waals surface area contributed by atoms with E-state index in [9.17, 15) is 4.79 Å². The third-order valence-electron chi connectivity index (χ3n) is 1.23. The van der Waals surface area contributed by atoms with Crippen molar-refractivity contribution in [2.75, 3.05) is 13.1 Å². The molecule has 0 bridgehead atoms. The van der Waals surface area contributed by atoms with Crippen LogP contribution in [0.3, 0.4) is 0 Å². The zero-order valence-electron chi connectivity index (χ0n) is 6.85. The summed E-state index contributed by atoms with van der Waals surface area (Å²) in [6.07, 6.45) is 0. The van der Waals surface area contributed by atoms with Crippen LogP contribution >= 0.6 is 0 Å². The summed E-state index contributed by atoms with van der Waals surface area (Å²) in [5, 5.41) is 13.6. The molecule has 0 aliphatic rings. The molecule has 0 aliphatic carbocycles. The molecule has 0 aliphatic heterocycles. The molecular weight excluding hydrogens is 142 g/mol. The van der Waals surface area contributed by atoms with Gasteiger partial charge < -0.3 is 5.32 Å². The molecule has 1 unspecified atom stereocenters. The maximum atomic E-state index is 11.0. The molecule has 0 aromatic carbocycles. The van der Waals surface area contributed by atoms with Gasteiger partial charge in [-0.1, -0.05) is 0 Å². The van der Waals surface area contributed by atoms with Crippen molar-refractivity contribution in [1.82, 2.24) is 10.6 Å². The Kier molecular flexibility index (Phi) is 5.13. The van der Waals surface area contributed by atoms with Crippen LogP contribution in [0.5, 0.6) is 0 Å². The van der Waals surface area contributed by atoms with E-state index in [1.54, 1.807) is 6.92 Å². The van der Waals surface area contributed by atoms with Crippen molar-refractivity contribution in [2.45, 2.75) is 19.9 Å². The number of nitriles is 1. The molecule has 11 heavy (non-hydrogen) atoms. The molecule has 1 amide bonds. The fourth-order valence-electron chi connectivity index (χ4n) is 0.619. The zero-order chi connectivity index (χ0) is 8.69. The minimum atomic E-state index is -0.283. The summed E-state index contributed by atoms with van der Waals surface area (Å²) in [4.78, 5) is 11.0. The van der Waals surface area contributed by atoms with Gasteiger partial charge in [0.1, 0.15) is 0 Å². The largest absolute Gasteiger partial charge is 0.355 e. The van der Waals surface area contributed by atoms with Gasteiger partial charge in [-0.15, -0.1) is 0 Å². The molecule has 0 fully saturated rings. The Morgan fingerprint density at radius 1 is 1.73 bits per heavy atom. The highest BCUT2D eigenvalue weighted by Gasteiger charge is 2.08. The van der Waals surface area contributed by atoms with E-state index in [1.807, 2.05) is 13.0 Å². The minimum absolute atomic E-state index is 0.0669. The van der Waals surface area contributed by atoms with Crippen LogP contribution in [0.1, 0.15) is 13.8 Å². The number of likely N-dealkylation sites (N-methyl/N-ethyl adjacent to an activating group) is 1. The van der Waals surface area contributed by atoms with Gasteiger partial charge in [0, 0.05) is 6.54 Å². The van der Waals surface area contributed by atoms with Crippen LogP contribution in [-0.2, 0) is 4.79 Å². The molecule has 1 atom stereocenters. The van der Waals surface area contributed by atoms with Gasteiger partial charge in [0.2, 0.25) is 5.91 Å². The van der Waals surface area contributed by atoms with Gasteiger partial charge in [0.15, 0.2) is 0 Å². The van der Waals surface area contributed by atoms with E-state index in [0.717, 1.165) is 0 Å². The molecule has 4 nitrogen and oxygen atoms in total. The van der Waals surface area contributed by atoms with Gasteiger partial charge in [0.05, 0.1) is 18.7 Å². The summed E-state index contributed by atoms with van der Waals surface area (Å²) in [6.45, 7) is 4.41. The van der Waals surface area contributed by atoms with E-state index >= 15 is 0 Å². The lowest BCUT2D eigenvalue weighted by Gasteiger charge is -2.09. The number of carbonyl (C=O) groups excluding carboxylic acids is 1. The van der Waals surface area contributed by atoms with Crippen LogP contribution in [0.15, 0.2) is 0 Å². The van der Waals surface area contributed by atoms with Crippen LogP contribution < -0.4 is 10.6 Å². The summed E-state index contributed by atoms with van der Waals surface area (Å²) in [5.41, 5.74) is 0. The SMILES string of the molecule is CCNC(=O)C(C)NCC#N. The Hall–Kier alpha value is -1.08. The smallest absolute Gasteiger partial charge is 0.236 e. The van der Waals surface area contributed by atoms with E-state index in [2.05, 4.69) is 10.6 Å². The minimum Gasteiger partial charge on any atom is -0.355 e. The van der Waals surface area contributed by atoms with E-state index in [-0.39, 0.29) is 18.5 Å². The molecule has 0 radical (unpaired) electrons. The maximum absolute atomic E-state index is 11.0. The molecule has 0 spiro atoms. The quantitative estimate of drug-likeness (QED) is 0.544. The van der Waals surface area contributed by atoms with Gasteiger partial charge in [-0.3, -0.25) is 10.1 Å². The number of nitrogens with one attached hydrogen (secondary N) is 2. The van der Waals surface area contributed by atoms with Crippen molar-refractivity contribution in [3.63, 3.8) is 0 Å². The molecule has 2 N–H and O–H groups in total. The Morgan fingerprint density at radius 2 is 2.36 bits per heavy atom. The van der Waals surface area contributed by atoms with Crippen molar-refractivity contribution in [1.29, 1.82) is 5.26 Å². The van der Waals surface area contributed by atoms with Crippen LogP contribution in [-0.4, -0.2) is 25.0 Å². The summed E-state index contributed by atoms with van der Waals surface area (Å²) < 4.78 is 0. The van der Waals surface area contributed by atoms with Crippen molar-refractivity contribution in [2.24, 2.45) is 0 Å². The monoisotopic (exact) mass is 155 g/mol. The van der Waals surface area contributed by atoms with Crippen LogP contribution in [0, 0.1) is 11.3 Å². The first-order chi connectivity index (χ1) is 5.22. The lowest BCUT2D eigenvalue weighted by molar-refractivity contribution is -0.122. The topological polar surface area (TPSA) is 64.9 Å². The van der Waals surface area contributed by atoms with Crippen molar-refractivity contribution >= 4 is 5.91 Å². The number of rotatable bonds is 4. The first-order valence-electron chi connectivity index (χ1n) is 3.60. The lowest BCUT2D eigenvalue weighted by Crippen LogP contribution is -2.42. The normalized spacial score (nSPS) is 11.7. The summed E-state index contributed by atoms with van der Waals surface area (Å²) in [7, 11) is 0. The lowest BCUT2D eigenvalue weighted by atomic mass is 10.3. The second-order valence-corrected chi connectivity index (χ2v) is 2.16. The maximum Gasteiger partial charge on any atom is 0.236 e. The highest BCUT2D eigenvalue weighted by Crippen LogP contribution is 1.79. The average molecular weight is 155 g/mol. The molecule has 0 heterocycles. The average Bonchev–Trinajstić information content (AvgIpc) is 2.00. The second-order valence-electron chi connectivity index (χ2n) is 2.16. The number of nitrogens with zero attached hydrogens (tertiary/aromatic N) is 1. The Morgan fingerprint density at radius 3 is 2.82 bits per heavy atom. The van der Waals surface area contributed by atoms with Gasteiger partial charge in [0.25, 0.3) is 0 Å². The molecule has 4 heteroatoms. The standard InChI is InChI=1S/C7H13N3O/c1-3-9-7(11)6(2)10-5-4-8/h6,10H,3,5H2,1-2H3,(H,9,11). The van der Waals surface area contributed by atoms with Gasteiger partial charge in [-0.05, 0) is 13.8 Å². The van der Waals surface area contributed by atoms with E-state index in [1.165, 1.54) is 0 Å². The van der Waals surface area contributed by atoms with Crippen molar-refractivity contribution in [3.05, 3.63) is 0 Å². The van der Waals surface area contributed by atoms with E-state index in [4.69, 9.17) is 5.26 Å². The summed E-state index contributed by atoms with van der Waals surface area (Å²) in [6, 6.07) is 1.62. The zero-order valence-corrected chi connectivity index (χ0v) is 6.85. The Labute approximate surface area is 66.6 Å². The Balaban J connectivity index is 3.57. The van der Waals surface area contributed by atoms with Crippen LogP contribution in [0.2, 0.25) is 0 Å².